The van der Waals surface area contributed by atoms with Gasteiger partial charge in [0, 0.05) is 19.3 Å². The lowest BCUT2D eigenvalue weighted by Gasteiger charge is -2.03. The number of rotatable bonds is 2. The van der Waals surface area contributed by atoms with E-state index in [9.17, 15) is 0 Å². The van der Waals surface area contributed by atoms with E-state index in [4.69, 9.17) is 11.6 Å². The molecule has 0 saturated heterocycles. The Labute approximate surface area is 92.4 Å². The van der Waals surface area contributed by atoms with Gasteiger partial charge in [0.2, 0.25) is 0 Å². The molecule has 0 aromatic carbocycles. The van der Waals surface area contributed by atoms with Gasteiger partial charge in [-0.3, -0.25) is 4.98 Å². The van der Waals surface area contributed by atoms with E-state index in [-0.39, 0.29) is 0 Å². The maximum absolute atomic E-state index is 5.86. The molecule has 76 valence electrons. The number of anilines is 1. The number of hydrogen-bond donors (Lipinski definition) is 1. The number of nitrogens with one attached hydrogen (secondary N) is 1. The summed E-state index contributed by atoms with van der Waals surface area (Å²) in [4.78, 5) is 12.5. The number of halogens is 1. The van der Waals surface area contributed by atoms with E-state index in [2.05, 4.69) is 20.3 Å². The van der Waals surface area contributed by atoms with Crippen molar-refractivity contribution in [3.8, 4) is 11.5 Å². The smallest absolute Gasteiger partial charge is 0.181 e. The summed E-state index contributed by atoms with van der Waals surface area (Å²) in [6.07, 6.45) is 1.69. The number of nitrogens with zero attached hydrogens (tertiary/aromatic N) is 3. The average Bonchev–Trinajstić information content (AvgIpc) is 2.29. The van der Waals surface area contributed by atoms with Gasteiger partial charge in [0.15, 0.2) is 5.82 Å². The molecule has 2 aromatic heterocycles. The van der Waals surface area contributed by atoms with Crippen LogP contribution in [0.2, 0.25) is 5.15 Å². The summed E-state index contributed by atoms with van der Waals surface area (Å²) in [5.41, 5.74) is 0.705. The highest BCUT2D eigenvalue weighted by atomic mass is 35.5. The van der Waals surface area contributed by atoms with Crippen LogP contribution in [0.3, 0.4) is 0 Å². The first kappa shape index (κ1) is 9.86. The van der Waals surface area contributed by atoms with Gasteiger partial charge < -0.3 is 5.32 Å². The summed E-state index contributed by atoms with van der Waals surface area (Å²) in [6, 6.07) is 7.22. The van der Waals surface area contributed by atoms with Gasteiger partial charge in [-0.05, 0) is 12.1 Å². The van der Waals surface area contributed by atoms with Crippen LogP contribution in [0.5, 0.6) is 0 Å². The van der Waals surface area contributed by atoms with E-state index in [1.807, 2.05) is 18.2 Å². The molecule has 0 fully saturated rings. The van der Waals surface area contributed by atoms with Crippen molar-refractivity contribution in [1.29, 1.82) is 0 Å². The van der Waals surface area contributed by atoms with Gasteiger partial charge in [0.05, 0.1) is 0 Å². The lowest BCUT2D eigenvalue weighted by atomic mass is 10.3. The van der Waals surface area contributed by atoms with Gasteiger partial charge in [-0.2, -0.15) is 0 Å². The van der Waals surface area contributed by atoms with E-state index in [0.717, 1.165) is 0 Å². The molecule has 0 saturated carbocycles. The van der Waals surface area contributed by atoms with Crippen molar-refractivity contribution >= 4 is 17.4 Å². The molecule has 0 aliphatic carbocycles. The maximum Gasteiger partial charge on any atom is 0.181 e. The minimum atomic E-state index is 0.398. The largest absolute Gasteiger partial charge is 0.373 e. The van der Waals surface area contributed by atoms with Crippen LogP contribution in [-0.4, -0.2) is 22.0 Å². The first-order valence-electron chi connectivity index (χ1n) is 4.43. The Morgan fingerprint density at radius 2 is 2.13 bits per heavy atom. The van der Waals surface area contributed by atoms with Gasteiger partial charge in [0.25, 0.3) is 0 Å². The van der Waals surface area contributed by atoms with Crippen LogP contribution in [0, 0.1) is 0 Å². The van der Waals surface area contributed by atoms with Crippen molar-refractivity contribution < 1.29 is 0 Å². The molecule has 4 nitrogen and oxygen atoms in total. The molecule has 2 aromatic rings. The van der Waals surface area contributed by atoms with Crippen LogP contribution in [-0.2, 0) is 0 Å². The van der Waals surface area contributed by atoms with Crippen LogP contribution < -0.4 is 5.32 Å². The number of hydrogen-bond acceptors (Lipinski definition) is 4. The predicted molar refractivity (Wildman–Crippen MR) is 59.8 cm³/mol. The first-order chi connectivity index (χ1) is 7.29. The van der Waals surface area contributed by atoms with Gasteiger partial charge >= 0.3 is 0 Å². The van der Waals surface area contributed by atoms with E-state index in [1.54, 1.807) is 19.3 Å². The summed E-state index contributed by atoms with van der Waals surface area (Å²) in [7, 11) is 1.78. The van der Waals surface area contributed by atoms with Gasteiger partial charge in [-0.25, -0.2) is 9.97 Å². The van der Waals surface area contributed by atoms with Gasteiger partial charge in [-0.1, -0.05) is 17.7 Å². The molecule has 0 unspecified atom stereocenters. The molecule has 0 aliphatic heterocycles. The molecular formula is C10H9ClN4. The fourth-order valence-electron chi connectivity index (χ4n) is 1.16. The topological polar surface area (TPSA) is 50.7 Å². The lowest BCUT2D eigenvalue weighted by Crippen LogP contribution is -1.97. The molecule has 15 heavy (non-hydrogen) atoms. The Bertz CT molecular complexity index is 458. The Morgan fingerprint density at radius 3 is 2.80 bits per heavy atom. The molecule has 2 heterocycles. The summed E-state index contributed by atoms with van der Waals surface area (Å²) in [6.45, 7) is 0. The van der Waals surface area contributed by atoms with Crippen LogP contribution in [0.25, 0.3) is 11.5 Å². The Hall–Kier alpha value is -1.68. The van der Waals surface area contributed by atoms with Crippen molar-refractivity contribution in [1.82, 2.24) is 15.0 Å². The molecule has 0 amide bonds. The summed E-state index contributed by atoms with van der Waals surface area (Å²) < 4.78 is 0. The highest BCUT2D eigenvalue weighted by Gasteiger charge is 2.05. The van der Waals surface area contributed by atoms with Crippen molar-refractivity contribution in [2.45, 2.75) is 0 Å². The maximum atomic E-state index is 5.86. The highest BCUT2D eigenvalue weighted by molar-refractivity contribution is 6.29. The molecule has 0 radical (unpaired) electrons. The molecule has 0 bridgehead atoms. The SMILES string of the molecule is CNc1cc(Cl)nc(-c2ccccn2)n1. The minimum Gasteiger partial charge on any atom is -0.373 e. The Kier molecular flexibility index (Phi) is 2.78. The molecule has 2 rings (SSSR count). The normalized spacial score (nSPS) is 10.0. The fourth-order valence-corrected chi connectivity index (χ4v) is 1.34. The Balaban J connectivity index is 2.49. The number of aromatic nitrogens is 3. The van der Waals surface area contributed by atoms with Crippen molar-refractivity contribution in [3.05, 3.63) is 35.6 Å². The molecule has 0 spiro atoms. The second-order valence-electron chi connectivity index (χ2n) is 2.86. The Morgan fingerprint density at radius 1 is 1.27 bits per heavy atom. The van der Waals surface area contributed by atoms with E-state index in [1.165, 1.54) is 0 Å². The van der Waals surface area contributed by atoms with E-state index >= 15 is 0 Å². The van der Waals surface area contributed by atoms with E-state index < -0.39 is 0 Å². The highest BCUT2D eigenvalue weighted by Crippen LogP contribution is 2.17. The molecule has 0 atom stereocenters. The van der Waals surface area contributed by atoms with Crippen molar-refractivity contribution in [2.24, 2.45) is 0 Å². The molecule has 5 heteroatoms. The zero-order valence-electron chi connectivity index (χ0n) is 8.11. The van der Waals surface area contributed by atoms with Crippen molar-refractivity contribution in [2.75, 3.05) is 12.4 Å². The number of pyridine rings is 1. The summed E-state index contributed by atoms with van der Waals surface area (Å²) in [5.74, 6) is 1.20. The van der Waals surface area contributed by atoms with Gasteiger partial charge in [0.1, 0.15) is 16.7 Å². The third kappa shape index (κ3) is 2.22. The third-order valence-corrected chi connectivity index (χ3v) is 2.04. The van der Waals surface area contributed by atoms with Gasteiger partial charge in [-0.15, -0.1) is 0 Å². The monoisotopic (exact) mass is 220 g/mol. The predicted octanol–water partition coefficient (Wildman–Crippen LogP) is 2.23. The zero-order valence-corrected chi connectivity index (χ0v) is 8.86. The van der Waals surface area contributed by atoms with Crippen molar-refractivity contribution in [3.63, 3.8) is 0 Å². The molecular weight excluding hydrogens is 212 g/mol. The van der Waals surface area contributed by atoms with E-state index in [0.29, 0.717) is 22.5 Å². The van der Waals surface area contributed by atoms with Crippen LogP contribution in [0.4, 0.5) is 5.82 Å². The summed E-state index contributed by atoms with van der Waals surface area (Å²) >= 11 is 5.86. The van der Waals surface area contributed by atoms with Crippen LogP contribution >= 0.6 is 11.6 Å². The fraction of sp³-hybridized carbons (Fsp3) is 0.100. The summed E-state index contributed by atoms with van der Waals surface area (Å²) in [5, 5.41) is 3.31. The molecule has 1 N–H and O–H groups in total. The first-order valence-corrected chi connectivity index (χ1v) is 4.81. The second kappa shape index (κ2) is 4.23. The molecule has 0 aliphatic rings. The second-order valence-corrected chi connectivity index (χ2v) is 3.25. The lowest BCUT2D eigenvalue weighted by molar-refractivity contribution is 1.13. The van der Waals surface area contributed by atoms with Crippen LogP contribution in [0.15, 0.2) is 30.5 Å². The van der Waals surface area contributed by atoms with Crippen LogP contribution in [0.1, 0.15) is 0 Å². The standard InChI is InChI=1S/C10H9ClN4/c1-12-9-6-8(11)14-10(15-9)7-4-2-3-5-13-7/h2-6H,1H3,(H,12,14,15). The quantitative estimate of drug-likeness (QED) is 0.789. The zero-order chi connectivity index (χ0) is 10.7. The average molecular weight is 221 g/mol. The minimum absolute atomic E-state index is 0.398. The third-order valence-electron chi connectivity index (χ3n) is 1.85.